The molecule has 1 aromatic rings. The standard InChI is InChI=1S/C14H15NO4/c1-8(2)7-11(14(18)19)15-12(16)9-5-3-4-6-10(9)13(15)17/h3-6,8,11H,7H2,1-2H3,(H,18,19)/p-1/t11-/m0/s1. The third-order valence-electron chi connectivity index (χ3n) is 3.10. The number of carboxylic acid groups (broad SMARTS) is 1. The quantitative estimate of drug-likeness (QED) is 0.736. The Morgan fingerprint density at radius 3 is 2.00 bits per heavy atom. The molecule has 0 N–H and O–H groups in total. The molecule has 0 aromatic heterocycles. The van der Waals surface area contributed by atoms with Crippen molar-refractivity contribution in [3.05, 3.63) is 35.4 Å². The molecule has 1 heterocycles. The van der Waals surface area contributed by atoms with Gasteiger partial charge in [0.15, 0.2) is 0 Å². The average molecular weight is 260 g/mol. The molecule has 1 aliphatic rings. The lowest BCUT2D eigenvalue weighted by Crippen LogP contribution is -2.51. The van der Waals surface area contributed by atoms with Crippen molar-refractivity contribution in [3.63, 3.8) is 0 Å². The van der Waals surface area contributed by atoms with Crippen molar-refractivity contribution in [2.24, 2.45) is 5.92 Å². The Morgan fingerprint density at radius 2 is 1.63 bits per heavy atom. The van der Waals surface area contributed by atoms with Gasteiger partial charge in [0.25, 0.3) is 11.8 Å². The van der Waals surface area contributed by atoms with Gasteiger partial charge < -0.3 is 9.90 Å². The molecule has 0 radical (unpaired) electrons. The first-order valence-electron chi connectivity index (χ1n) is 6.11. The summed E-state index contributed by atoms with van der Waals surface area (Å²) in [7, 11) is 0. The number of aliphatic carboxylic acids is 1. The molecular weight excluding hydrogens is 246 g/mol. The van der Waals surface area contributed by atoms with Gasteiger partial charge in [-0.3, -0.25) is 14.5 Å². The molecule has 0 saturated heterocycles. The molecule has 1 aliphatic heterocycles. The smallest absolute Gasteiger partial charge is 0.262 e. The number of nitrogens with zero attached hydrogens (tertiary/aromatic N) is 1. The van der Waals surface area contributed by atoms with Gasteiger partial charge in [0.2, 0.25) is 0 Å². The minimum atomic E-state index is -1.40. The van der Waals surface area contributed by atoms with Gasteiger partial charge in [0.1, 0.15) is 0 Å². The predicted molar refractivity (Wildman–Crippen MR) is 65.2 cm³/mol. The molecule has 1 atom stereocenters. The van der Waals surface area contributed by atoms with Gasteiger partial charge in [-0.05, 0) is 24.5 Å². The fourth-order valence-corrected chi connectivity index (χ4v) is 2.24. The van der Waals surface area contributed by atoms with Crippen LogP contribution in [0, 0.1) is 5.92 Å². The molecule has 0 unspecified atom stereocenters. The highest BCUT2D eigenvalue weighted by Crippen LogP contribution is 2.26. The minimum Gasteiger partial charge on any atom is -0.548 e. The fourth-order valence-electron chi connectivity index (χ4n) is 2.24. The summed E-state index contributed by atoms with van der Waals surface area (Å²) in [5.41, 5.74) is 0.505. The van der Waals surface area contributed by atoms with Crippen LogP contribution in [0.25, 0.3) is 0 Å². The van der Waals surface area contributed by atoms with E-state index in [2.05, 4.69) is 0 Å². The molecule has 1 aromatic carbocycles. The summed E-state index contributed by atoms with van der Waals surface area (Å²) in [4.78, 5) is 36.3. The molecule has 0 saturated carbocycles. The molecule has 0 fully saturated rings. The lowest BCUT2D eigenvalue weighted by molar-refractivity contribution is -0.310. The highest BCUT2D eigenvalue weighted by atomic mass is 16.4. The summed E-state index contributed by atoms with van der Waals surface area (Å²) >= 11 is 0. The molecule has 5 nitrogen and oxygen atoms in total. The summed E-state index contributed by atoms with van der Waals surface area (Å²) in [6.07, 6.45) is 0.188. The molecule has 100 valence electrons. The Balaban J connectivity index is 2.39. The molecule has 0 bridgehead atoms. The highest BCUT2D eigenvalue weighted by Gasteiger charge is 2.40. The van der Waals surface area contributed by atoms with Gasteiger partial charge in [-0.15, -0.1) is 0 Å². The van der Waals surface area contributed by atoms with E-state index in [1.54, 1.807) is 12.1 Å². The van der Waals surface area contributed by atoms with Crippen molar-refractivity contribution in [2.45, 2.75) is 26.3 Å². The van der Waals surface area contributed by atoms with E-state index in [-0.39, 0.29) is 23.5 Å². The SMILES string of the molecule is CC(C)C[C@@H](C(=O)[O-])N1C(=O)c2ccccc2C1=O. The molecule has 19 heavy (non-hydrogen) atoms. The summed E-state index contributed by atoms with van der Waals surface area (Å²) in [6, 6.07) is 5.12. The van der Waals surface area contributed by atoms with Crippen molar-refractivity contribution in [2.75, 3.05) is 0 Å². The summed E-state index contributed by atoms with van der Waals surface area (Å²) in [6.45, 7) is 3.65. The Bertz CT molecular complexity index is 515. The van der Waals surface area contributed by atoms with Crippen LogP contribution in [0.4, 0.5) is 0 Å². The van der Waals surface area contributed by atoms with Crippen molar-refractivity contribution < 1.29 is 19.5 Å². The zero-order valence-corrected chi connectivity index (χ0v) is 10.8. The van der Waals surface area contributed by atoms with E-state index >= 15 is 0 Å². The molecule has 2 rings (SSSR count). The zero-order chi connectivity index (χ0) is 14.2. The van der Waals surface area contributed by atoms with E-state index < -0.39 is 23.8 Å². The van der Waals surface area contributed by atoms with Crippen LogP contribution in [0.2, 0.25) is 0 Å². The van der Waals surface area contributed by atoms with Gasteiger partial charge in [0.05, 0.1) is 23.1 Å². The van der Waals surface area contributed by atoms with Crippen molar-refractivity contribution in [1.82, 2.24) is 4.90 Å². The minimum absolute atomic E-state index is 0.0345. The van der Waals surface area contributed by atoms with E-state index in [9.17, 15) is 19.5 Å². The Morgan fingerprint density at radius 1 is 1.16 bits per heavy atom. The Labute approximate surface area is 110 Å². The molecule has 0 spiro atoms. The van der Waals surface area contributed by atoms with Gasteiger partial charge in [-0.1, -0.05) is 26.0 Å². The first-order valence-corrected chi connectivity index (χ1v) is 6.11. The number of rotatable bonds is 4. The average Bonchev–Trinajstić information content (AvgIpc) is 2.60. The Hall–Kier alpha value is -2.17. The maximum Gasteiger partial charge on any atom is 0.262 e. The third-order valence-corrected chi connectivity index (χ3v) is 3.10. The van der Waals surface area contributed by atoms with Crippen LogP contribution in [0.15, 0.2) is 24.3 Å². The number of benzene rings is 1. The van der Waals surface area contributed by atoms with Gasteiger partial charge in [-0.2, -0.15) is 0 Å². The van der Waals surface area contributed by atoms with E-state index in [4.69, 9.17) is 0 Å². The molecule has 0 aliphatic carbocycles. The van der Waals surface area contributed by atoms with Crippen LogP contribution in [-0.4, -0.2) is 28.7 Å². The largest absolute Gasteiger partial charge is 0.548 e. The van der Waals surface area contributed by atoms with Crippen LogP contribution in [0.1, 0.15) is 41.0 Å². The third kappa shape index (κ3) is 2.23. The van der Waals surface area contributed by atoms with Crippen LogP contribution in [0.5, 0.6) is 0 Å². The van der Waals surface area contributed by atoms with Crippen molar-refractivity contribution in [3.8, 4) is 0 Å². The topological polar surface area (TPSA) is 77.5 Å². The Kier molecular flexibility index (Phi) is 3.38. The summed E-state index contributed by atoms with van der Waals surface area (Å²) in [5, 5.41) is 11.2. The second-order valence-corrected chi connectivity index (χ2v) is 4.99. The highest BCUT2D eigenvalue weighted by molar-refractivity contribution is 6.22. The summed E-state index contributed by atoms with van der Waals surface area (Å²) < 4.78 is 0. The predicted octanol–water partition coefficient (Wildman–Crippen LogP) is 0.447. The van der Waals surface area contributed by atoms with Gasteiger partial charge in [-0.25, -0.2) is 0 Å². The van der Waals surface area contributed by atoms with Crippen LogP contribution < -0.4 is 5.11 Å². The van der Waals surface area contributed by atoms with Crippen molar-refractivity contribution in [1.29, 1.82) is 0 Å². The first-order chi connectivity index (χ1) is 8.93. The van der Waals surface area contributed by atoms with Crippen LogP contribution in [0.3, 0.4) is 0 Å². The van der Waals surface area contributed by atoms with E-state index in [0.717, 1.165) is 4.90 Å². The van der Waals surface area contributed by atoms with Gasteiger partial charge in [0, 0.05) is 0 Å². The lowest BCUT2D eigenvalue weighted by atomic mass is 10.0. The normalized spacial score (nSPS) is 15.8. The monoisotopic (exact) mass is 260 g/mol. The fraction of sp³-hybridized carbons (Fsp3) is 0.357. The van der Waals surface area contributed by atoms with Crippen LogP contribution >= 0.6 is 0 Å². The summed E-state index contributed by atoms with van der Waals surface area (Å²) in [5.74, 6) is -2.48. The molecular formula is C14H14NO4-. The maximum atomic E-state index is 12.1. The van der Waals surface area contributed by atoms with E-state index in [1.165, 1.54) is 12.1 Å². The van der Waals surface area contributed by atoms with Gasteiger partial charge >= 0.3 is 0 Å². The van der Waals surface area contributed by atoms with E-state index in [1.807, 2.05) is 13.8 Å². The number of hydrogen-bond acceptors (Lipinski definition) is 4. The number of amides is 2. The van der Waals surface area contributed by atoms with Crippen LogP contribution in [-0.2, 0) is 4.79 Å². The maximum absolute atomic E-state index is 12.1. The molecule has 2 amide bonds. The number of fused-ring (bicyclic) bond motifs is 1. The lowest BCUT2D eigenvalue weighted by Gasteiger charge is -2.28. The number of carbonyl (C=O) groups excluding carboxylic acids is 3. The number of hydrogen-bond donors (Lipinski definition) is 0. The number of imide groups is 1. The van der Waals surface area contributed by atoms with E-state index in [0.29, 0.717) is 0 Å². The number of carboxylic acids is 1. The second-order valence-electron chi connectivity index (χ2n) is 4.99. The second kappa shape index (κ2) is 4.84. The number of carbonyl (C=O) groups is 3. The molecule has 5 heteroatoms. The van der Waals surface area contributed by atoms with Crippen molar-refractivity contribution >= 4 is 17.8 Å². The first kappa shape index (κ1) is 13.3. The zero-order valence-electron chi connectivity index (χ0n) is 10.8.